The van der Waals surface area contributed by atoms with Gasteiger partial charge in [-0.3, -0.25) is 0 Å². The molecule has 0 amide bonds. The molecule has 140 valence electrons. The van der Waals surface area contributed by atoms with Crippen molar-refractivity contribution in [2.75, 3.05) is 31.7 Å². The summed E-state index contributed by atoms with van der Waals surface area (Å²) in [6, 6.07) is 10.2. The van der Waals surface area contributed by atoms with E-state index in [9.17, 15) is 5.11 Å². The molecular formula is C21H29N3O2. The monoisotopic (exact) mass is 355 g/mol. The van der Waals surface area contributed by atoms with Crippen LogP contribution in [0.4, 0.5) is 5.69 Å². The molecular weight excluding hydrogens is 326 g/mol. The van der Waals surface area contributed by atoms with Gasteiger partial charge in [-0.25, -0.2) is 4.98 Å². The van der Waals surface area contributed by atoms with E-state index in [1.165, 1.54) is 0 Å². The van der Waals surface area contributed by atoms with Gasteiger partial charge in [0.05, 0.1) is 19.4 Å². The number of aryl methyl sites for hydroxylation is 1. The number of nitrogens with zero attached hydrogens (tertiary/aromatic N) is 3. The number of hydrogen-bond donors (Lipinski definition) is 1. The van der Waals surface area contributed by atoms with Crippen molar-refractivity contribution in [3.63, 3.8) is 0 Å². The summed E-state index contributed by atoms with van der Waals surface area (Å²) in [5.41, 5.74) is 3.05. The van der Waals surface area contributed by atoms with Gasteiger partial charge in [0.25, 0.3) is 0 Å². The fraction of sp³-hybridized carbons (Fsp3) is 0.429. The molecule has 1 aromatic heterocycles. The Morgan fingerprint density at radius 1 is 1.12 bits per heavy atom. The third-order valence-electron chi connectivity index (χ3n) is 4.09. The van der Waals surface area contributed by atoms with E-state index in [1.54, 1.807) is 7.11 Å². The summed E-state index contributed by atoms with van der Waals surface area (Å²) in [5, 5.41) is 9.32. The van der Waals surface area contributed by atoms with Crippen LogP contribution in [0, 0.1) is 12.8 Å². The van der Waals surface area contributed by atoms with E-state index in [4.69, 9.17) is 4.74 Å². The normalized spacial score (nSPS) is 11.3. The van der Waals surface area contributed by atoms with Gasteiger partial charge in [0.15, 0.2) is 0 Å². The summed E-state index contributed by atoms with van der Waals surface area (Å²) in [6.45, 7) is 8.05. The van der Waals surface area contributed by atoms with E-state index < -0.39 is 0 Å². The minimum Gasteiger partial charge on any atom is -0.481 e. The maximum Gasteiger partial charge on any atom is 0.216 e. The van der Waals surface area contributed by atoms with Crippen LogP contribution in [0.3, 0.4) is 0 Å². The second-order valence-corrected chi connectivity index (χ2v) is 6.70. The molecule has 0 saturated heterocycles. The maximum atomic E-state index is 9.32. The largest absolute Gasteiger partial charge is 0.481 e. The minimum atomic E-state index is 0.161. The lowest BCUT2D eigenvalue weighted by molar-refractivity contribution is 0.301. The van der Waals surface area contributed by atoms with Crippen molar-refractivity contribution in [1.82, 2.24) is 9.97 Å². The average molecular weight is 355 g/mol. The molecule has 0 aliphatic rings. The van der Waals surface area contributed by atoms with Gasteiger partial charge in [-0.15, -0.1) is 0 Å². The highest BCUT2D eigenvalue weighted by Gasteiger charge is 2.07. The number of hydrogen-bond acceptors (Lipinski definition) is 5. The van der Waals surface area contributed by atoms with E-state index in [-0.39, 0.29) is 6.61 Å². The quantitative estimate of drug-likeness (QED) is 0.741. The molecule has 1 heterocycles. The SMILES string of the molecule is COc1cc(/C=C/c2ccc(N(CCO)CCC(C)C)cc2)nc(C)n1. The van der Waals surface area contributed by atoms with Crippen molar-refractivity contribution in [2.45, 2.75) is 27.2 Å². The van der Waals surface area contributed by atoms with Crippen LogP contribution in [-0.2, 0) is 0 Å². The van der Waals surface area contributed by atoms with Crippen LogP contribution in [0.15, 0.2) is 30.3 Å². The van der Waals surface area contributed by atoms with Crippen molar-refractivity contribution in [3.05, 3.63) is 47.4 Å². The van der Waals surface area contributed by atoms with Crippen LogP contribution in [0.2, 0.25) is 0 Å². The number of aliphatic hydroxyl groups excluding tert-OH is 1. The molecule has 0 atom stereocenters. The van der Waals surface area contributed by atoms with Gasteiger partial charge < -0.3 is 14.7 Å². The van der Waals surface area contributed by atoms with E-state index >= 15 is 0 Å². The van der Waals surface area contributed by atoms with Crippen molar-refractivity contribution < 1.29 is 9.84 Å². The highest BCUT2D eigenvalue weighted by atomic mass is 16.5. The second kappa shape index (κ2) is 9.92. The van der Waals surface area contributed by atoms with Gasteiger partial charge in [0.1, 0.15) is 5.82 Å². The molecule has 26 heavy (non-hydrogen) atoms. The molecule has 0 aliphatic carbocycles. The fourth-order valence-corrected chi connectivity index (χ4v) is 2.63. The smallest absolute Gasteiger partial charge is 0.216 e. The Bertz CT molecular complexity index is 712. The number of rotatable bonds is 9. The predicted octanol–water partition coefficient (Wildman–Crippen LogP) is 3.81. The summed E-state index contributed by atoms with van der Waals surface area (Å²) in [6.07, 6.45) is 5.09. The van der Waals surface area contributed by atoms with Crippen molar-refractivity contribution in [2.24, 2.45) is 5.92 Å². The Kier molecular flexibility index (Phi) is 7.60. The van der Waals surface area contributed by atoms with Crippen LogP contribution >= 0.6 is 0 Å². The standard InChI is InChI=1S/C21H29N3O2/c1-16(2)11-12-24(13-14-25)20-9-6-18(7-10-20)5-8-19-15-21(26-4)23-17(3)22-19/h5-10,15-16,25H,11-14H2,1-4H3/b8-5+. The van der Waals surface area contributed by atoms with Gasteiger partial charge in [0.2, 0.25) is 5.88 Å². The lowest BCUT2D eigenvalue weighted by Crippen LogP contribution is -2.28. The molecule has 2 rings (SSSR count). The van der Waals surface area contributed by atoms with Gasteiger partial charge in [0, 0.05) is 24.8 Å². The lowest BCUT2D eigenvalue weighted by atomic mass is 10.1. The lowest BCUT2D eigenvalue weighted by Gasteiger charge is -2.25. The molecule has 0 unspecified atom stereocenters. The first kappa shape index (κ1) is 19.9. The number of anilines is 1. The first-order valence-corrected chi connectivity index (χ1v) is 9.05. The van der Waals surface area contributed by atoms with Gasteiger partial charge in [-0.05, 0) is 43.0 Å². The van der Waals surface area contributed by atoms with Gasteiger partial charge in [-0.1, -0.05) is 32.1 Å². The number of ether oxygens (including phenoxy) is 1. The second-order valence-electron chi connectivity index (χ2n) is 6.70. The average Bonchev–Trinajstić information content (AvgIpc) is 2.63. The number of aliphatic hydroxyl groups is 1. The summed E-state index contributed by atoms with van der Waals surface area (Å²) in [5.74, 6) is 1.90. The number of methoxy groups -OCH3 is 1. The molecule has 2 aromatic rings. The van der Waals surface area contributed by atoms with Crippen LogP contribution < -0.4 is 9.64 Å². The van der Waals surface area contributed by atoms with E-state index in [1.807, 2.05) is 25.1 Å². The summed E-state index contributed by atoms with van der Waals surface area (Å²) >= 11 is 0. The fourth-order valence-electron chi connectivity index (χ4n) is 2.63. The third-order valence-corrected chi connectivity index (χ3v) is 4.09. The zero-order valence-corrected chi connectivity index (χ0v) is 16.1. The zero-order valence-electron chi connectivity index (χ0n) is 16.1. The molecule has 1 aromatic carbocycles. The van der Waals surface area contributed by atoms with E-state index in [0.29, 0.717) is 24.2 Å². The molecule has 0 fully saturated rings. The van der Waals surface area contributed by atoms with Crippen LogP contribution in [0.1, 0.15) is 37.4 Å². The summed E-state index contributed by atoms with van der Waals surface area (Å²) in [7, 11) is 1.60. The first-order valence-electron chi connectivity index (χ1n) is 9.05. The molecule has 0 saturated carbocycles. The first-order chi connectivity index (χ1) is 12.5. The maximum absolute atomic E-state index is 9.32. The Morgan fingerprint density at radius 2 is 1.85 bits per heavy atom. The predicted molar refractivity (Wildman–Crippen MR) is 107 cm³/mol. The van der Waals surface area contributed by atoms with Crippen molar-refractivity contribution in [3.8, 4) is 5.88 Å². The molecule has 0 bridgehead atoms. The molecule has 0 spiro atoms. The van der Waals surface area contributed by atoms with Crippen LogP contribution in [-0.4, -0.2) is 41.9 Å². The number of aromatic nitrogens is 2. The summed E-state index contributed by atoms with van der Waals surface area (Å²) in [4.78, 5) is 10.8. The topological polar surface area (TPSA) is 58.5 Å². The minimum absolute atomic E-state index is 0.161. The van der Waals surface area contributed by atoms with Crippen molar-refractivity contribution >= 4 is 17.8 Å². The van der Waals surface area contributed by atoms with Crippen molar-refractivity contribution in [1.29, 1.82) is 0 Å². The Hall–Kier alpha value is -2.40. The molecule has 5 nitrogen and oxygen atoms in total. The molecule has 5 heteroatoms. The highest BCUT2D eigenvalue weighted by molar-refractivity contribution is 5.69. The molecule has 0 aliphatic heterocycles. The highest BCUT2D eigenvalue weighted by Crippen LogP contribution is 2.18. The van der Waals surface area contributed by atoms with E-state index in [2.05, 4.69) is 53.0 Å². The summed E-state index contributed by atoms with van der Waals surface area (Å²) < 4.78 is 5.18. The van der Waals surface area contributed by atoms with Gasteiger partial charge in [-0.2, -0.15) is 4.98 Å². The van der Waals surface area contributed by atoms with Crippen LogP contribution in [0.25, 0.3) is 12.2 Å². The zero-order chi connectivity index (χ0) is 18.9. The van der Waals surface area contributed by atoms with Gasteiger partial charge >= 0.3 is 0 Å². The Balaban J connectivity index is 2.09. The van der Waals surface area contributed by atoms with Crippen LogP contribution in [0.5, 0.6) is 5.88 Å². The molecule has 0 radical (unpaired) electrons. The number of benzene rings is 1. The third kappa shape index (κ3) is 6.15. The Labute approximate surface area is 156 Å². The Morgan fingerprint density at radius 3 is 2.46 bits per heavy atom. The molecule has 1 N–H and O–H groups in total. The van der Waals surface area contributed by atoms with E-state index in [0.717, 1.165) is 29.9 Å².